The van der Waals surface area contributed by atoms with Gasteiger partial charge in [0.2, 0.25) is 5.91 Å². The molecule has 0 aliphatic carbocycles. The summed E-state index contributed by atoms with van der Waals surface area (Å²) in [5, 5.41) is 15.4. The number of nitrogens with one attached hydrogen (secondary N) is 2. The average Bonchev–Trinajstić information content (AvgIpc) is 3.49. The Morgan fingerprint density at radius 3 is 2.29 bits per heavy atom. The molecular weight excluding hydrogens is 723 g/mol. The van der Waals surface area contributed by atoms with Crippen molar-refractivity contribution in [3.63, 3.8) is 0 Å². The molecule has 4 aromatic carbocycles. The summed E-state index contributed by atoms with van der Waals surface area (Å²) in [6.07, 6.45) is 1.12. The van der Waals surface area contributed by atoms with Gasteiger partial charge in [0.15, 0.2) is 6.29 Å². The molecule has 3 aliphatic heterocycles. The highest BCUT2D eigenvalue weighted by Crippen LogP contribution is 2.41. The molecule has 52 heavy (non-hydrogen) atoms. The zero-order valence-corrected chi connectivity index (χ0v) is 30.8. The van der Waals surface area contributed by atoms with Crippen molar-refractivity contribution in [1.82, 2.24) is 15.5 Å². The zero-order chi connectivity index (χ0) is 36.3. The largest absolute Gasteiger partial charge is 0.392 e. The van der Waals surface area contributed by atoms with Crippen molar-refractivity contribution in [3.05, 3.63) is 125 Å². The molecule has 0 bridgehead atoms. The maximum atomic E-state index is 13.3. The van der Waals surface area contributed by atoms with Crippen LogP contribution in [0.1, 0.15) is 53.9 Å². The van der Waals surface area contributed by atoms with Gasteiger partial charge in [-0.3, -0.25) is 9.59 Å². The van der Waals surface area contributed by atoms with Crippen molar-refractivity contribution in [2.24, 2.45) is 0 Å². The fraction of sp³-hybridized carbons (Fsp3) is 0.350. The number of likely N-dealkylation sites (tertiary alicyclic amines) is 1. The van der Waals surface area contributed by atoms with Crippen LogP contribution in [-0.4, -0.2) is 63.6 Å². The molecule has 272 valence electrons. The molecule has 4 aromatic rings. The monoisotopic (exact) mass is 762 g/mol. The van der Waals surface area contributed by atoms with E-state index in [0.29, 0.717) is 19.6 Å². The Morgan fingerprint density at radius 2 is 1.58 bits per heavy atom. The van der Waals surface area contributed by atoms with Crippen LogP contribution in [0.3, 0.4) is 0 Å². The van der Waals surface area contributed by atoms with E-state index in [1.807, 2.05) is 84.9 Å². The predicted octanol–water partition coefficient (Wildman–Crippen LogP) is 6.81. The number of hydrogen-bond donors (Lipinski definition) is 3. The van der Waals surface area contributed by atoms with E-state index < -0.39 is 21.5 Å². The first-order valence-electron chi connectivity index (χ1n) is 17.5. The SMILES string of the molecule is O=C(NCc1cccc(-c2cccc([C@H]3O[C@@H](CN4CCC5(CC4)C(=O)NCN5c4ccccc4)C[C@@H](c4ccc(CO)cc4)O3)c2)c1)C(Cl)(Cl)Cl. The first kappa shape index (κ1) is 36.7. The number of para-hydroxylation sites is 1. The second kappa shape index (κ2) is 15.7. The Labute approximate surface area is 318 Å². The summed E-state index contributed by atoms with van der Waals surface area (Å²) in [5.41, 5.74) is 6.02. The summed E-state index contributed by atoms with van der Waals surface area (Å²) >= 11 is 17.2. The fourth-order valence-electron chi connectivity index (χ4n) is 7.47. The number of anilines is 1. The van der Waals surface area contributed by atoms with Gasteiger partial charge < -0.3 is 35.0 Å². The number of benzene rings is 4. The van der Waals surface area contributed by atoms with Gasteiger partial charge in [-0.15, -0.1) is 0 Å². The second-order valence-electron chi connectivity index (χ2n) is 13.6. The highest BCUT2D eigenvalue weighted by molar-refractivity contribution is 6.76. The molecular formula is C40H41Cl3N4O5. The normalized spacial score (nSPS) is 22.0. The number of carbonyl (C=O) groups excluding carboxylic acids is 2. The van der Waals surface area contributed by atoms with Crippen LogP contribution in [0.2, 0.25) is 0 Å². The molecule has 3 aliphatic rings. The Morgan fingerprint density at radius 1 is 0.865 bits per heavy atom. The number of alkyl halides is 3. The van der Waals surface area contributed by atoms with E-state index >= 15 is 0 Å². The lowest BCUT2D eigenvalue weighted by Crippen LogP contribution is -2.57. The summed E-state index contributed by atoms with van der Waals surface area (Å²) in [5.74, 6) is -0.586. The van der Waals surface area contributed by atoms with E-state index in [0.717, 1.165) is 65.0 Å². The topological polar surface area (TPSA) is 103 Å². The first-order valence-corrected chi connectivity index (χ1v) is 18.6. The van der Waals surface area contributed by atoms with Crippen LogP contribution < -0.4 is 15.5 Å². The van der Waals surface area contributed by atoms with Crippen LogP contribution in [0.25, 0.3) is 11.1 Å². The molecule has 3 atom stereocenters. The van der Waals surface area contributed by atoms with Gasteiger partial charge in [-0.05, 0) is 64.9 Å². The first-order chi connectivity index (χ1) is 25.1. The molecule has 7 rings (SSSR count). The van der Waals surface area contributed by atoms with E-state index in [4.69, 9.17) is 44.3 Å². The molecule has 0 unspecified atom stereocenters. The minimum absolute atomic E-state index is 0.0242. The maximum Gasteiger partial charge on any atom is 0.272 e. The Bertz CT molecular complexity index is 1870. The van der Waals surface area contributed by atoms with E-state index in [2.05, 4.69) is 38.6 Å². The molecule has 2 amide bonds. The van der Waals surface area contributed by atoms with E-state index in [-0.39, 0.29) is 31.3 Å². The molecule has 3 fully saturated rings. The summed E-state index contributed by atoms with van der Waals surface area (Å²) in [7, 11) is 0. The van der Waals surface area contributed by atoms with Gasteiger partial charge in [-0.25, -0.2) is 0 Å². The number of nitrogens with zero attached hydrogens (tertiary/aromatic N) is 2. The predicted molar refractivity (Wildman–Crippen MR) is 203 cm³/mol. The fourth-order valence-corrected chi connectivity index (χ4v) is 7.67. The third kappa shape index (κ3) is 8.11. The van der Waals surface area contributed by atoms with Crippen molar-refractivity contribution < 1.29 is 24.2 Å². The minimum atomic E-state index is -2.03. The molecule has 9 nitrogen and oxygen atoms in total. The lowest BCUT2D eigenvalue weighted by molar-refractivity contribution is -0.253. The summed E-state index contributed by atoms with van der Waals surface area (Å²) in [6.45, 7) is 2.94. The average molecular weight is 764 g/mol. The number of aliphatic hydroxyl groups excluding tert-OH is 1. The zero-order valence-electron chi connectivity index (χ0n) is 28.5. The molecule has 3 saturated heterocycles. The number of aliphatic hydroxyl groups is 1. The quantitative estimate of drug-likeness (QED) is 0.161. The summed E-state index contributed by atoms with van der Waals surface area (Å²) in [4.78, 5) is 30.0. The van der Waals surface area contributed by atoms with Crippen molar-refractivity contribution in [2.45, 2.75) is 60.2 Å². The van der Waals surface area contributed by atoms with Gasteiger partial charge in [-0.2, -0.15) is 0 Å². The number of carbonyl (C=O) groups is 2. The number of piperidine rings is 1. The van der Waals surface area contributed by atoms with Crippen LogP contribution in [-0.2, 0) is 32.2 Å². The molecule has 0 radical (unpaired) electrons. The number of ether oxygens (including phenoxy) is 2. The Balaban J connectivity index is 1.08. The second-order valence-corrected chi connectivity index (χ2v) is 15.9. The van der Waals surface area contributed by atoms with Crippen molar-refractivity contribution in [3.8, 4) is 11.1 Å². The Kier molecular flexibility index (Phi) is 11.1. The third-order valence-corrected chi connectivity index (χ3v) is 10.8. The van der Waals surface area contributed by atoms with Gasteiger partial charge in [0, 0.05) is 43.9 Å². The van der Waals surface area contributed by atoms with Gasteiger partial charge >= 0.3 is 0 Å². The van der Waals surface area contributed by atoms with Crippen molar-refractivity contribution in [2.75, 3.05) is 31.2 Å². The minimum Gasteiger partial charge on any atom is -0.392 e. The maximum absolute atomic E-state index is 13.3. The van der Waals surface area contributed by atoms with Crippen LogP contribution in [0.15, 0.2) is 103 Å². The van der Waals surface area contributed by atoms with Gasteiger partial charge in [0.25, 0.3) is 9.70 Å². The summed E-state index contributed by atoms with van der Waals surface area (Å²) < 4.78 is 11.4. The van der Waals surface area contributed by atoms with Gasteiger partial charge in [0.05, 0.1) is 25.5 Å². The third-order valence-electron chi connectivity index (χ3n) is 10.3. The number of halogens is 3. The van der Waals surface area contributed by atoms with Crippen LogP contribution in [0.5, 0.6) is 0 Å². The highest BCUT2D eigenvalue weighted by Gasteiger charge is 2.50. The molecule has 0 aromatic heterocycles. The van der Waals surface area contributed by atoms with E-state index in [1.165, 1.54) is 0 Å². The van der Waals surface area contributed by atoms with Crippen molar-refractivity contribution >= 4 is 52.3 Å². The van der Waals surface area contributed by atoms with Crippen molar-refractivity contribution in [1.29, 1.82) is 0 Å². The number of amides is 2. The lowest BCUT2D eigenvalue weighted by atomic mass is 9.85. The lowest BCUT2D eigenvalue weighted by Gasteiger charge is -2.45. The van der Waals surface area contributed by atoms with Crippen LogP contribution >= 0.6 is 34.8 Å². The van der Waals surface area contributed by atoms with Crippen LogP contribution in [0.4, 0.5) is 5.69 Å². The van der Waals surface area contributed by atoms with Crippen LogP contribution in [0, 0.1) is 0 Å². The Hall–Kier alpha value is -3.67. The molecule has 12 heteroatoms. The van der Waals surface area contributed by atoms with E-state index in [1.54, 1.807) is 0 Å². The summed E-state index contributed by atoms with van der Waals surface area (Å²) in [6, 6.07) is 33.9. The number of hydrogen-bond acceptors (Lipinski definition) is 7. The van der Waals surface area contributed by atoms with Gasteiger partial charge in [0.1, 0.15) is 5.54 Å². The molecule has 0 saturated carbocycles. The van der Waals surface area contributed by atoms with Gasteiger partial charge in [-0.1, -0.05) is 114 Å². The standard InChI is InChI=1S/C40H41Cl3N4O5/c41-40(42,43)38(50)44-23-28-6-4-7-30(20-28)31-8-5-9-32(21-31)36-51-34(22-35(52-36)29-14-12-27(25-48)13-15-29)24-46-18-16-39(17-19-46)37(49)45-26-47(39)33-10-2-1-3-11-33/h1-15,20-21,34-36,48H,16-19,22-26H2,(H,44,50)(H,45,49)/t34-,35+,36+/m1/s1. The highest BCUT2D eigenvalue weighted by atomic mass is 35.6. The molecule has 1 spiro atoms. The smallest absolute Gasteiger partial charge is 0.272 e. The van der Waals surface area contributed by atoms with E-state index in [9.17, 15) is 14.7 Å². The molecule has 3 N–H and O–H groups in total. The number of rotatable bonds is 9. The molecule has 3 heterocycles.